The molecule has 0 aliphatic carbocycles. The first-order valence-electron chi connectivity index (χ1n) is 13.7. The minimum absolute atomic E-state index is 0.154. The third-order valence-electron chi connectivity index (χ3n) is 7.37. The molecule has 0 bridgehead atoms. The summed E-state index contributed by atoms with van der Waals surface area (Å²) in [4.78, 5) is 24.8. The molecule has 5 aromatic carbocycles. The molecule has 0 saturated carbocycles. The van der Waals surface area contributed by atoms with Crippen molar-refractivity contribution in [2.45, 2.75) is 13.1 Å². The van der Waals surface area contributed by atoms with E-state index in [9.17, 15) is 18.4 Å². The Hall–Kier alpha value is -5.56. The van der Waals surface area contributed by atoms with Crippen LogP contribution >= 0.6 is 0 Å². The maximum atomic E-state index is 14.1. The van der Waals surface area contributed by atoms with Gasteiger partial charge in [0.05, 0.1) is 16.6 Å². The molecule has 0 aliphatic rings. The molecular formula is C36H26F2N2O3. The maximum absolute atomic E-state index is 14.1. The lowest BCUT2D eigenvalue weighted by Gasteiger charge is -2.14. The summed E-state index contributed by atoms with van der Waals surface area (Å²) in [5.74, 6) is -2.81. The average Bonchev–Trinajstić information content (AvgIpc) is 3.42. The summed E-state index contributed by atoms with van der Waals surface area (Å²) in [6.45, 7) is 0.671. The van der Waals surface area contributed by atoms with Gasteiger partial charge in [-0.15, -0.1) is 0 Å². The van der Waals surface area contributed by atoms with E-state index in [0.717, 1.165) is 33.7 Å². The normalized spacial score (nSPS) is 11.0. The highest BCUT2D eigenvalue weighted by Gasteiger charge is 2.18. The number of hydrogen-bond donors (Lipinski definition) is 2. The van der Waals surface area contributed by atoms with Gasteiger partial charge in [0, 0.05) is 30.7 Å². The number of fused-ring (bicyclic) bond motifs is 1. The van der Waals surface area contributed by atoms with E-state index < -0.39 is 17.6 Å². The van der Waals surface area contributed by atoms with Gasteiger partial charge >= 0.3 is 5.97 Å². The Kier molecular flexibility index (Phi) is 7.54. The number of amides is 1. The van der Waals surface area contributed by atoms with Gasteiger partial charge < -0.3 is 15.0 Å². The number of nitrogens with one attached hydrogen (secondary N) is 1. The van der Waals surface area contributed by atoms with Gasteiger partial charge in [0.25, 0.3) is 5.91 Å². The van der Waals surface area contributed by atoms with Crippen molar-refractivity contribution in [1.82, 2.24) is 9.88 Å². The van der Waals surface area contributed by atoms with Gasteiger partial charge in [-0.2, -0.15) is 0 Å². The minimum atomic E-state index is -1.03. The predicted molar refractivity (Wildman–Crippen MR) is 163 cm³/mol. The Balaban J connectivity index is 1.35. The average molecular weight is 573 g/mol. The standard InChI is InChI=1S/C36H26F2N2O3/c37-31-17-30(18-32(38)20-31)29-16-28-14-15-40(22-24-8-10-26(11-9-24)25-4-2-1-3-5-25)34(28)33(19-29)35(41)39-21-23-6-12-27(13-7-23)36(42)43/h1-20H,21-22H2,(H,39,41)(H,42,43). The number of aromatic carboxylic acids is 1. The number of carbonyl (C=O) groups is 2. The topological polar surface area (TPSA) is 71.3 Å². The van der Waals surface area contributed by atoms with Crippen LogP contribution < -0.4 is 5.32 Å². The number of nitrogens with zero attached hydrogens (tertiary/aromatic N) is 1. The van der Waals surface area contributed by atoms with Crippen LogP contribution in [0.1, 0.15) is 31.8 Å². The number of carboxylic acid groups (broad SMARTS) is 1. The largest absolute Gasteiger partial charge is 0.478 e. The number of aromatic nitrogens is 1. The van der Waals surface area contributed by atoms with E-state index in [1.165, 1.54) is 24.3 Å². The first-order chi connectivity index (χ1) is 20.8. The molecule has 1 heterocycles. The molecule has 0 unspecified atom stereocenters. The predicted octanol–water partition coefficient (Wildman–Crippen LogP) is 7.93. The maximum Gasteiger partial charge on any atom is 0.335 e. The Morgan fingerprint density at radius 1 is 0.674 bits per heavy atom. The van der Waals surface area contributed by atoms with Gasteiger partial charge in [-0.1, -0.05) is 66.7 Å². The number of hydrogen-bond acceptors (Lipinski definition) is 2. The fourth-order valence-electron chi connectivity index (χ4n) is 5.21. The van der Waals surface area contributed by atoms with Crippen molar-refractivity contribution in [3.05, 3.63) is 155 Å². The van der Waals surface area contributed by atoms with Crippen LogP contribution in [0.2, 0.25) is 0 Å². The van der Waals surface area contributed by atoms with Crippen molar-refractivity contribution >= 4 is 22.8 Å². The van der Waals surface area contributed by atoms with E-state index >= 15 is 0 Å². The molecule has 0 fully saturated rings. The van der Waals surface area contributed by atoms with E-state index in [2.05, 4.69) is 41.7 Å². The third kappa shape index (κ3) is 6.06. The van der Waals surface area contributed by atoms with Crippen molar-refractivity contribution in [3.8, 4) is 22.3 Å². The summed E-state index contributed by atoms with van der Waals surface area (Å²) >= 11 is 0. The molecule has 6 rings (SSSR count). The number of benzene rings is 5. The third-order valence-corrected chi connectivity index (χ3v) is 7.37. The lowest BCUT2D eigenvalue weighted by molar-refractivity contribution is 0.0696. The van der Waals surface area contributed by atoms with Crippen LogP contribution in [0.5, 0.6) is 0 Å². The van der Waals surface area contributed by atoms with Crippen molar-refractivity contribution in [2.75, 3.05) is 0 Å². The number of carbonyl (C=O) groups excluding carboxylic acids is 1. The number of halogens is 2. The first-order valence-corrected chi connectivity index (χ1v) is 13.7. The van der Waals surface area contributed by atoms with E-state index in [-0.39, 0.29) is 18.0 Å². The minimum Gasteiger partial charge on any atom is -0.478 e. The zero-order valence-electron chi connectivity index (χ0n) is 22.9. The molecule has 1 amide bonds. The molecule has 1 aromatic heterocycles. The Morgan fingerprint density at radius 2 is 1.30 bits per heavy atom. The van der Waals surface area contributed by atoms with Crippen molar-refractivity contribution < 1.29 is 23.5 Å². The van der Waals surface area contributed by atoms with Gasteiger partial charge in [0.2, 0.25) is 0 Å². The molecule has 7 heteroatoms. The second kappa shape index (κ2) is 11.7. The van der Waals surface area contributed by atoms with Gasteiger partial charge in [0.15, 0.2) is 0 Å². The van der Waals surface area contributed by atoms with E-state index in [1.807, 2.05) is 41.1 Å². The quantitative estimate of drug-likeness (QED) is 0.195. The molecule has 5 nitrogen and oxygen atoms in total. The molecule has 6 aromatic rings. The van der Waals surface area contributed by atoms with Gasteiger partial charge in [-0.25, -0.2) is 13.6 Å². The van der Waals surface area contributed by atoms with Crippen molar-refractivity contribution in [1.29, 1.82) is 0 Å². The van der Waals surface area contributed by atoms with Crippen LogP contribution in [0.15, 0.2) is 121 Å². The number of rotatable bonds is 8. The second-order valence-electron chi connectivity index (χ2n) is 10.3. The molecule has 212 valence electrons. The molecule has 0 spiro atoms. The molecule has 2 N–H and O–H groups in total. The summed E-state index contributed by atoms with van der Waals surface area (Å²) < 4.78 is 30.2. The van der Waals surface area contributed by atoms with Crippen LogP contribution in [0.3, 0.4) is 0 Å². The molecular weight excluding hydrogens is 546 g/mol. The molecule has 0 radical (unpaired) electrons. The fourth-order valence-corrected chi connectivity index (χ4v) is 5.21. The van der Waals surface area contributed by atoms with Crippen LogP contribution in [0.25, 0.3) is 33.2 Å². The second-order valence-corrected chi connectivity index (χ2v) is 10.3. The van der Waals surface area contributed by atoms with E-state index in [1.54, 1.807) is 18.2 Å². The van der Waals surface area contributed by atoms with Crippen LogP contribution in [0, 0.1) is 11.6 Å². The summed E-state index contributed by atoms with van der Waals surface area (Å²) in [6.07, 6.45) is 1.90. The SMILES string of the molecule is O=C(O)c1ccc(CNC(=O)c2cc(-c3cc(F)cc(F)c3)cc3ccn(Cc4ccc(-c5ccccc5)cc4)c23)cc1. The Labute approximate surface area is 246 Å². The van der Waals surface area contributed by atoms with Crippen LogP contribution in [0.4, 0.5) is 8.78 Å². The lowest BCUT2D eigenvalue weighted by Crippen LogP contribution is -2.23. The first kappa shape index (κ1) is 27.6. The molecule has 0 atom stereocenters. The molecule has 43 heavy (non-hydrogen) atoms. The van der Waals surface area contributed by atoms with Gasteiger partial charge in [0.1, 0.15) is 11.6 Å². The zero-order chi connectivity index (χ0) is 29.9. The summed E-state index contributed by atoms with van der Waals surface area (Å²) in [7, 11) is 0. The number of carboxylic acids is 1. The van der Waals surface area contributed by atoms with Crippen molar-refractivity contribution in [3.63, 3.8) is 0 Å². The highest BCUT2D eigenvalue weighted by molar-refractivity contribution is 6.08. The summed E-state index contributed by atoms with van der Waals surface area (Å²) in [6, 6.07) is 33.2. The lowest BCUT2D eigenvalue weighted by atomic mass is 9.99. The Bertz CT molecular complexity index is 1930. The smallest absolute Gasteiger partial charge is 0.335 e. The highest BCUT2D eigenvalue weighted by Crippen LogP contribution is 2.31. The summed E-state index contributed by atoms with van der Waals surface area (Å²) in [5.41, 5.74) is 6.01. The van der Waals surface area contributed by atoms with Gasteiger partial charge in [-0.05, 0) is 75.8 Å². The monoisotopic (exact) mass is 572 g/mol. The van der Waals surface area contributed by atoms with Crippen molar-refractivity contribution in [2.24, 2.45) is 0 Å². The zero-order valence-corrected chi connectivity index (χ0v) is 22.9. The molecule has 0 aliphatic heterocycles. The van der Waals surface area contributed by atoms with E-state index in [4.69, 9.17) is 5.11 Å². The fraction of sp³-hybridized carbons (Fsp3) is 0.0556. The Morgan fingerprint density at radius 3 is 1.98 bits per heavy atom. The molecule has 0 saturated heterocycles. The highest BCUT2D eigenvalue weighted by atomic mass is 19.1. The van der Waals surface area contributed by atoms with E-state index in [0.29, 0.717) is 28.8 Å². The van der Waals surface area contributed by atoms with Crippen LogP contribution in [-0.4, -0.2) is 21.6 Å². The van der Waals surface area contributed by atoms with Gasteiger partial charge in [-0.3, -0.25) is 4.79 Å². The van der Waals surface area contributed by atoms with Crippen LogP contribution in [-0.2, 0) is 13.1 Å². The summed E-state index contributed by atoms with van der Waals surface area (Å²) in [5, 5.41) is 12.8.